The quantitative estimate of drug-likeness (QED) is 0.370. The monoisotopic (exact) mass is 275 g/mol. The molecule has 0 saturated carbocycles. The third-order valence-corrected chi connectivity index (χ3v) is 2.20. The van der Waals surface area contributed by atoms with Gasteiger partial charge in [0.1, 0.15) is 0 Å². The van der Waals surface area contributed by atoms with Crippen LogP contribution in [0.2, 0.25) is 0 Å². The third-order valence-electron chi connectivity index (χ3n) is 2.20. The Labute approximate surface area is 111 Å². The molecule has 1 atom stereocenters. The fraction of sp³-hybridized carbons (Fsp3) is 0.727. The highest BCUT2D eigenvalue weighted by Gasteiger charge is 2.12. The van der Waals surface area contributed by atoms with Gasteiger partial charge >= 0.3 is 12.0 Å². The van der Waals surface area contributed by atoms with E-state index >= 15 is 0 Å². The number of aliphatic carboxylic acids is 1. The van der Waals surface area contributed by atoms with Gasteiger partial charge in [0, 0.05) is 32.5 Å². The molecule has 0 aromatic carbocycles. The number of aliphatic hydroxyl groups is 1. The van der Waals surface area contributed by atoms with E-state index in [1.807, 2.05) is 6.92 Å². The molecule has 0 aliphatic heterocycles. The van der Waals surface area contributed by atoms with Crippen molar-refractivity contribution in [3.05, 3.63) is 0 Å². The Morgan fingerprint density at radius 2 is 1.68 bits per heavy atom. The van der Waals surface area contributed by atoms with E-state index in [9.17, 15) is 14.4 Å². The Bertz CT molecular complexity index is 309. The lowest BCUT2D eigenvalue weighted by Gasteiger charge is -2.09. The number of carbonyl (C=O) groups is 3. The average molecular weight is 275 g/mol. The summed E-state index contributed by atoms with van der Waals surface area (Å²) in [5, 5.41) is 24.8. The molecule has 8 nitrogen and oxygen atoms in total. The number of carboxylic acid groups (broad SMARTS) is 1. The van der Waals surface area contributed by atoms with Crippen LogP contribution < -0.4 is 16.0 Å². The SMILES string of the molecule is CCCNC(=O)CCNC(=O)NCCC(O)C(=O)O. The van der Waals surface area contributed by atoms with E-state index in [4.69, 9.17) is 10.2 Å². The molecule has 0 radical (unpaired) electrons. The van der Waals surface area contributed by atoms with Gasteiger partial charge in [0.05, 0.1) is 0 Å². The molecule has 19 heavy (non-hydrogen) atoms. The summed E-state index contributed by atoms with van der Waals surface area (Å²) in [6, 6.07) is -0.499. The van der Waals surface area contributed by atoms with Crippen molar-refractivity contribution in [1.29, 1.82) is 0 Å². The van der Waals surface area contributed by atoms with Gasteiger partial charge in [-0.15, -0.1) is 0 Å². The van der Waals surface area contributed by atoms with Gasteiger partial charge in [-0.3, -0.25) is 4.79 Å². The smallest absolute Gasteiger partial charge is 0.332 e. The fourth-order valence-electron chi connectivity index (χ4n) is 1.15. The first kappa shape index (κ1) is 17.2. The van der Waals surface area contributed by atoms with Crippen LogP contribution in [-0.2, 0) is 9.59 Å². The molecule has 0 aromatic heterocycles. The van der Waals surface area contributed by atoms with Crippen LogP contribution >= 0.6 is 0 Å². The van der Waals surface area contributed by atoms with Gasteiger partial charge in [-0.1, -0.05) is 6.92 Å². The molecule has 3 amide bonds. The molecule has 0 aliphatic rings. The van der Waals surface area contributed by atoms with Gasteiger partial charge in [-0.05, 0) is 6.42 Å². The summed E-state index contributed by atoms with van der Waals surface area (Å²) in [7, 11) is 0. The van der Waals surface area contributed by atoms with Crippen molar-refractivity contribution >= 4 is 17.9 Å². The van der Waals surface area contributed by atoms with Crippen LogP contribution in [0.1, 0.15) is 26.2 Å². The lowest BCUT2D eigenvalue weighted by atomic mass is 10.2. The van der Waals surface area contributed by atoms with Crippen molar-refractivity contribution in [3.63, 3.8) is 0 Å². The predicted octanol–water partition coefficient (Wildman–Crippen LogP) is -0.962. The molecular weight excluding hydrogens is 254 g/mol. The third kappa shape index (κ3) is 9.83. The Kier molecular flexibility index (Phi) is 9.15. The second-order valence-corrected chi connectivity index (χ2v) is 3.93. The zero-order valence-electron chi connectivity index (χ0n) is 10.9. The van der Waals surface area contributed by atoms with Gasteiger partial charge in [-0.25, -0.2) is 9.59 Å². The van der Waals surface area contributed by atoms with Crippen LogP contribution in [0.4, 0.5) is 4.79 Å². The number of carbonyl (C=O) groups excluding carboxylic acids is 2. The molecule has 1 unspecified atom stereocenters. The highest BCUT2D eigenvalue weighted by molar-refractivity contribution is 5.78. The van der Waals surface area contributed by atoms with Crippen molar-refractivity contribution in [2.45, 2.75) is 32.3 Å². The first-order chi connectivity index (χ1) is 8.97. The Morgan fingerprint density at radius 1 is 1.05 bits per heavy atom. The van der Waals surface area contributed by atoms with Crippen LogP contribution in [0.3, 0.4) is 0 Å². The summed E-state index contributed by atoms with van der Waals surface area (Å²) in [6.07, 6.45) is -0.517. The Hall–Kier alpha value is -1.83. The number of rotatable bonds is 9. The summed E-state index contributed by atoms with van der Waals surface area (Å²) in [5.41, 5.74) is 0. The molecule has 110 valence electrons. The molecule has 0 fully saturated rings. The van der Waals surface area contributed by atoms with Gasteiger partial charge in [-0.2, -0.15) is 0 Å². The molecule has 5 N–H and O–H groups in total. The van der Waals surface area contributed by atoms with Crippen LogP contribution in [-0.4, -0.2) is 53.9 Å². The minimum absolute atomic E-state index is 0.0430. The number of nitrogens with one attached hydrogen (secondary N) is 3. The summed E-state index contributed by atoms with van der Waals surface area (Å²) in [5.74, 6) is -1.46. The van der Waals surface area contributed by atoms with Gasteiger partial charge in [0.2, 0.25) is 5.91 Å². The van der Waals surface area contributed by atoms with Gasteiger partial charge in [0.25, 0.3) is 0 Å². The highest BCUT2D eigenvalue weighted by atomic mass is 16.4. The standard InChI is InChI=1S/C11H21N3O5/c1-2-5-12-9(16)4-7-14-11(19)13-6-3-8(15)10(17)18/h8,15H,2-7H2,1H3,(H,12,16)(H,17,18)(H2,13,14,19). The lowest BCUT2D eigenvalue weighted by Crippen LogP contribution is -2.39. The topological polar surface area (TPSA) is 128 Å². The maximum Gasteiger partial charge on any atom is 0.332 e. The Morgan fingerprint density at radius 3 is 2.26 bits per heavy atom. The second-order valence-electron chi connectivity index (χ2n) is 3.93. The first-order valence-electron chi connectivity index (χ1n) is 6.16. The molecule has 0 saturated heterocycles. The molecule has 0 aromatic rings. The predicted molar refractivity (Wildman–Crippen MR) is 67.6 cm³/mol. The van der Waals surface area contributed by atoms with E-state index in [0.29, 0.717) is 6.54 Å². The van der Waals surface area contributed by atoms with Crippen molar-refractivity contribution in [1.82, 2.24) is 16.0 Å². The van der Waals surface area contributed by atoms with Crippen molar-refractivity contribution in [3.8, 4) is 0 Å². The number of amides is 3. The number of carboxylic acids is 1. The van der Waals surface area contributed by atoms with Crippen molar-refractivity contribution < 1.29 is 24.6 Å². The Balaban J connectivity index is 3.54. The minimum Gasteiger partial charge on any atom is -0.479 e. The molecule has 0 bridgehead atoms. The summed E-state index contributed by atoms with van der Waals surface area (Å²) in [4.78, 5) is 32.7. The maximum atomic E-state index is 11.2. The van der Waals surface area contributed by atoms with Crippen LogP contribution in [0.15, 0.2) is 0 Å². The van der Waals surface area contributed by atoms with Gasteiger partial charge in [0.15, 0.2) is 6.10 Å². The van der Waals surface area contributed by atoms with E-state index in [-0.39, 0.29) is 31.8 Å². The second kappa shape index (κ2) is 10.1. The van der Waals surface area contributed by atoms with Gasteiger partial charge < -0.3 is 26.2 Å². The number of urea groups is 1. The summed E-state index contributed by atoms with van der Waals surface area (Å²) >= 11 is 0. The normalized spacial score (nSPS) is 11.5. The minimum atomic E-state index is -1.49. The maximum absolute atomic E-state index is 11.2. The summed E-state index contributed by atoms with van der Waals surface area (Å²) < 4.78 is 0. The molecule has 0 spiro atoms. The number of hydrogen-bond acceptors (Lipinski definition) is 4. The average Bonchev–Trinajstić information content (AvgIpc) is 2.36. The molecule has 8 heteroatoms. The number of aliphatic hydroxyl groups excluding tert-OH is 1. The largest absolute Gasteiger partial charge is 0.479 e. The zero-order chi connectivity index (χ0) is 14.7. The van der Waals surface area contributed by atoms with E-state index in [1.165, 1.54) is 0 Å². The van der Waals surface area contributed by atoms with E-state index in [1.54, 1.807) is 0 Å². The molecule has 0 rings (SSSR count). The van der Waals surface area contributed by atoms with Crippen LogP contribution in [0.25, 0.3) is 0 Å². The zero-order valence-corrected chi connectivity index (χ0v) is 10.9. The molecule has 0 aliphatic carbocycles. The van der Waals surface area contributed by atoms with Crippen molar-refractivity contribution in [2.75, 3.05) is 19.6 Å². The van der Waals surface area contributed by atoms with E-state index in [2.05, 4.69) is 16.0 Å². The van der Waals surface area contributed by atoms with E-state index < -0.39 is 18.1 Å². The van der Waals surface area contributed by atoms with Crippen molar-refractivity contribution in [2.24, 2.45) is 0 Å². The highest BCUT2D eigenvalue weighted by Crippen LogP contribution is 1.89. The first-order valence-corrected chi connectivity index (χ1v) is 6.16. The fourth-order valence-corrected chi connectivity index (χ4v) is 1.15. The van der Waals surface area contributed by atoms with Crippen LogP contribution in [0, 0.1) is 0 Å². The molecule has 0 heterocycles. The lowest BCUT2D eigenvalue weighted by molar-refractivity contribution is -0.146. The number of hydrogen-bond donors (Lipinski definition) is 5. The summed E-state index contributed by atoms with van der Waals surface area (Å²) in [6.45, 7) is 2.79. The van der Waals surface area contributed by atoms with Crippen LogP contribution in [0.5, 0.6) is 0 Å². The van der Waals surface area contributed by atoms with E-state index in [0.717, 1.165) is 6.42 Å². The molecular formula is C11H21N3O5.